The van der Waals surface area contributed by atoms with Crippen molar-refractivity contribution < 1.29 is 17.9 Å². The van der Waals surface area contributed by atoms with E-state index in [0.717, 1.165) is 11.6 Å². The van der Waals surface area contributed by atoms with E-state index in [2.05, 4.69) is 0 Å². The molecule has 0 fully saturated rings. The number of alkyl halides is 3. The first-order chi connectivity index (χ1) is 9.91. The van der Waals surface area contributed by atoms with Crippen LogP contribution < -0.4 is 10.5 Å². The van der Waals surface area contributed by atoms with Crippen LogP contribution in [0.2, 0.25) is 0 Å². The molecule has 1 unspecified atom stereocenters. The largest absolute Gasteiger partial charge is 0.497 e. The minimum absolute atomic E-state index is 0.112. The number of hydrogen-bond donors (Lipinski definition) is 1. The van der Waals surface area contributed by atoms with Crippen molar-refractivity contribution in [2.24, 2.45) is 5.73 Å². The minimum atomic E-state index is -4.39. The molecular formula is C16H16F3NO. The molecule has 2 N–H and O–H groups in total. The molecular weight excluding hydrogens is 279 g/mol. The van der Waals surface area contributed by atoms with Crippen LogP contribution in [0.4, 0.5) is 13.2 Å². The first-order valence-electron chi connectivity index (χ1n) is 6.46. The smallest absolute Gasteiger partial charge is 0.416 e. The molecule has 0 bridgehead atoms. The van der Waals surface area contributed by atoms with Crippen molar-refractivity contribution in [1.29, 1.82) is 0 Å². The lowest BCUT2D eigenvalue weighted by Gasteiger charge is -2.18. The Morgan fingerprint density at radius 2 is 1.67 bits per heavy atom. The SMILES string of the molecule is COc1ccc(CC(N)c2ccccc2C(F)(F)F)cc1. The number of hydrogen-bond acceptors (Lipinski definition) is 2. The fourth-order valence-electron chi connectivity index (χ4n) is 2.20. The van der Waals surface area contributed by atoms with Gasteiger partial charge in [0.1, 0.15) is 5.75 Å². The van der Waals surface area contributed by atoms with Crippen LogP contribution >= 0.6 is 0 Å². The highest BCUT2D eigenvalue weighted by Gasteiger charge is 2.34. The summed E-state index contributed by atoms with van der Waals surface area (Å²) < 4.78 is 44.0. The number of ether oxygens (including phenoxy) is 1. The van der Waals surface area contributed by atoms with Gasteiger partial charge in [0.15, 0.2) is 0 Å². The van der Waals surface area contributed by atoms with Crippen molar-refractivity contribution in [2.45, 2.75) is 18.6 Å². The summed E-state index contributed by atoms with van der Waals surface area (Å²) in [5.41, 5.74) is 6.26. The minimum Gasteiger partial charge on any atom is -0.497 e. The Hall–Kier alpha value is -2.01. The maximum Gasteiger partial charge on any atom is 0.416 e. The van der Waals surface area contributed by atoms with Crippen LogP contribution in [0, 0.1) is 0 Å². The predicted molar refractivity (Wildman–Crippen MR) is 75.1 cm³/mol. The van der Waals surface area contributed by atoms with Gasteiger partial charge in [0.05, 0.1) is 12.7 Å². The number of benzene rings is 2. The number of nitrogens with two attached hydrogens (primary N) is 1. The Balaban J connectivity index is 2.22. The zero-order valence-electron chi connectivity index (χ0n) is 11.5. The van der Waals surface area contributed by atoms with Crippen LogP contribution in [0.3, 0.4) is 0 Å². The molecule has 2 aromatic rings. The molecule has 2 nitrogen and oxygen atoms in total. The number of methoxy groups -OCH3 is 1. The van der Waals surface area contributed by atoms with Crippen LogP contribution in [0.15, 0.2) is 48.5 Å². The van der Waals surface area contributed by atoms with Gasteiger partial charge in [0.25, 0.3) is 0 Å². The third kappa shape index (κ3) is 3.76. The summed E-state index contributed by atoms with van der Waals surface area (Å²) in [4.78, 5) is 0. The van der Waals surface area contributed by atoms with Gasteiger partial charge in [-0.1, -0.05) is 30.3 Å². The van der Waals surface area contributed by atoms with Crippen LogP contribution in [0.1, 0.15) is 22.7 Å². The number of halogens is 3. The molecule has 0 radical (unpaired) electrons. The molecule has 0 saturated heterocycles. The monoisotopic (exact) mass is 295 g/mol. The highest BCUT2D eigenvalue weighted by molar-refractivity contribution is 5.34. The summed E-state index contributed by atoms with van der Waals surface area (Å²) in [6.07, 6.45) is -4.06. The van der Waals surface area contributed by atoms with E-state index >= 15 is 0 Å². The Labute approximate surface area is 121 Å². The average Bonchev–Trinajstić information content (AvgIpc) is 2.47. The summed E-state index contributed by atoms with van der Waals surface area (Å²) in [7, 11) is 1.56. The van der Waals surface area contributed by atoms with Crippen molar-refractivity contribution >= 4 is 0 Å². The van der Waals surface area contributed by atoms with Gasteiger partial charge >= 0.3 is 6.18 Å². The summed E-state index contributed by atoms with van der Waals surface area (Å²) in [5.74, 6) is 0.697. The molecule has 0 saturated carbocycles. The van der Waals surface area contributed by atoms with E-state index in [0.29, 0.717) is 12.2 Å². The summed E-state index contributed by atoms with van der Waals surface area (Å²) in [6, 6.07) is 11.8. The molecule has 0 heterocycles. The summed E-state index contributed by atoms with van der Waals surface area (Å²) >= 11 is 0. The van der Waals surface area contributed by atoms with Crippen LogP contribution in [-0.2, 0) is 12.6 Å². The van der Waals surface area contributed by atoms with E-state index in [1.807, 2.05) is 0 Å². The zero-order chi connectivity index (χ0) is 15.5. The highest BCUT2D eigenvalue weighted by Crippen LogP contribution is 2.34. The molecule has 0 amide bonds. The topological polar surface area (TPSA) is 35.2 Å². The van der Waals surface area contributed by atoms with Crippen molar-refractivity contribution in [3.05, 3.63) is 65.2 Å². The lowest BCUT2D eigenvalue weighted by Crippen LogP contribution is -2.19. The molecule has 5 heteroatoms. The summed E-state index contributed by atoms with van der Waals surface area (Å²) in [6.45, 7) is 0. The van der Waals surface area contributed by atoms with E-state index in [1.165, 1.54) is 12.1 Å². The maximum atomic E-state index is 13.0. The lowest BCUT2D eigenvalue weighted by molar-refractivity contribution is -0.138. The van der Waals surface area contributed by atoms with Crippen LogP contribution in [0.5, 0.6) is 5.75 Å². The highest BCUT2D eigenvalue weighted by atomic mass is 19.4. The first-order valence-corrected chi connectivity index (χ1v) is 6.46. The van der Waals surface area contributed by atoms with Gasteiger partial charge in [-0.25, -0.2) is 0 Å². The van der Waals surface area contributed by atoms with E-state index in [4.69, 9.17) is 10.5 Å². The van der Waals surface area contributed by atoms with Gasteiger partial charge in [0.2, 0.25) is 0 Å². The van der Waals surface area contributed by atoms with Crippen molar-refractivity contribution in [3.63, 3.8) is 0 Å². The Bertz CT molecular complexity index is 593. The summed E-state index contributed by atoms with van der Waals surface area (Å²) in [5, 5.41) is 0. The fourth-order valence-corrected chi connectivity index (χ4v) is 2.20. The Morgan fingerprint density at radius 3 is 2.24 bits per heavy atom. The first kappa shape index (κ1) is 15.4. The maximum absolute atomic E-state index is 13.0. The normalized spacial score (nSPS) is 13.0. The zero-order valence-corrected chi connectivity index (χ0v) is 11.5. The van der Waals surface area contributed by atoms with Gasteiger partial charge in [-0.15, -0.1) is 0 Å². The molecule has 2 aromatic carbocycles. The van der Waals surface area contributed by atoms with Crippen molar-refractivity contribution in [3.8, 4) is 5.75 Å². The van der Waals surface area contributed by atoms with Gasteiger partial charge in [-0.3, -0.25) is 0 Å². The standard InChI is InChI=1S/C16H16F3NO/c1-21-12-8-6-11(7-9-12)10-15(20)13-4-2-3-5-14(13)16(17,18)19/h2-9,15H,10,20H2,1H3. The van der Waals surface area contributed by atoms with E-state index < -0.39 is 17.8 Å². The van der Waals surface area contributed by atoms with Gasteiger partial charge in [-0.05, 0) is 35.7 Å². The quantitative estimate of drug-likeness (QED) is 0.926. The second kappa shape index (κ2) is 6.18. The third-order valence-corrected chi connectivity index (χ3v) is 3.28. The van der Waals surface area contributed by atoms with Gasteiger partial charge in [-0.2, -0.15) is 13.2 Å². The number of rotatable bonds is 4. The second-order valence-corrected chi connectivity index (χ2v) is 4.74. The molecule has 2 rings (SSSR count). The molecule has 21 heavy (non-hydrogen) atoms. The molecule has 1 atom stereocenters. The van der Waals surface area contributed by atoms with Gasteiger partial charge < -0.3 is 10.5 Å². The fraction of sp³-hybridized carbons (Fsp3) is 0.250. The van der Waals surface area contributed by atoms with E-state index in [-0.39, 0.29) is 5.56 Å². The van der Waals surface area contributed by atoms with Crippen molar-refractivity contribution in [1.82, 2.24) is 0 Å². The van der Waals surface area contributed by atoms with E-state index in [9.17, 15) is 13.2 Å². The third-order valence-electron chi connectivity index (χ3n) is 3.28. The van der Waals surface area contributed by atoms with E-state index in [1.54, 1.807) is 37.4 Å². The molecule has 0 aliphatic heterocycles. The predicted octanol–water partition coefficient (Wildman–Crippen LogP) is 3.96. The molecule has 112 valence electrons. The van der Waals surface area contributed by atoms with Crippen LogP contribution in [0.25, 0.3) is 0 Å². The molecule has 0 aliphatic carbocycles. The van der Waals surface area contributed by atoms with Gasteiger partial charge in [0, 0.05) is 6.04 Å². The van der Waals surface area contributed by atoms with Crippen molar-refractivity contribution in [2.75, 3.05) is 7.11 Å². The average molecular weight is 295 g/mol. The molecule has 0 aliphatic rings. The lowest BCUT2D eigenvalue weighted by atomic mass is 9.95. The van der Waals surface area contributed by atoms with Crippen LogP contribution in [-0.4, -0.2) is 7.11 Å². The Kier molecular flexibility index (Phi) is 4.53. The molecule has 0 spiro atoms. The molecule has 0 aromatic heterocycles. The Morgan fingerprint density at radius 1 is 1.05 bits per heavy atom. The second-order valence-electron chi connectivity index (χ2n) is 4.74.